The maximum absolute atomic E-state index is 12.1. The minimum absolute atomic E-state index is 0.110. The minimum Gasteiger partial charge on any atom is -0.335 e. The fourth-order valence-electron chi connectivity index (χ4n) is 3.05. The molecule has 0 spiro atoms. The molecular weight excluding hydrogens is 302 g/mol. The second kappa shape index (κ2) is 7.73. The van der Waals surface area contributed by atoms with Crippen LogP contribution in [0.25, 0.3) is 11.1 Å². The molecule has 0 bridgehead atoms. The van der Waals surface area contributed by atoms with Gasteiger partial charge in [-0.05, 0) is 24.5 Å². The third-order valence-electron chi connectivity index (χ3n) is 4.23. The molecule has 1 heterocycles. The predicted molar refractivity (Wildman–Crippen MR) is 91.0 cm³/mol. The van der Waals surface area contributed by atoms with E-state index in [1.165, 1.54) is 0 Å². The SMILES string of the molecule is O=C(C[n+]1cccc(-c2ccccc2)c1)NC(=O)NC1CCCC1. The van der Waals surface area contributed by atoms with Gasteiger partial charge in [0.15, 0.2) is 12.4 Å². The number of nitrogens with one attached hydrogen (secondary N) is 2. The van der Waals surface area contributed by atoms with Gasteiger partial charge in [0, 0.05) is 17.7 Å². The quantitative estimate of drug-likeness (QED) is 0.849. The fraction of sp³-hybridized carbons (Fsp3) is 0.316. The van der Waals surface area contributed by atoms with E-state index < -0.39 is 6.03 Å². The number of carbonyl (C=O) groups excluding carboxylic acids is 2. The van der Waals surface area contributed by atoms with Crippen LogP contribution in [0.15, 0.2) is 54.9 Å². The van der Waals surface area contributed by atoms with Crippen molar-refractivity contribution in [2.45, 2.75) is 38.3 Å². The lowest BCUT2D eigenvalue weighted by atomic mass is 10.1. The summed E-state index contributed by atoms with van der Waals surface area (Å²) in [6.45, 7) is 0.110. The Hall–Kier alpha value is -2.69. The number of carbonyl (C=O) groups is 2. The van der Waals surface area contributed by atoms with E-state index in [2.05, 4.69) is 10.6 Å². The molecule has 0 radical (unpaired) electrons. The highest BCUT2D eigenvalue weighted by Gasteiger charge is 2.19. The largest absolute Gasteiger partial charge is 0.335 e. The van der Waals surface area contributed by atoms with Gasteiger partial charge in [-0.3, -0.25) is 10.1 Å². The van der Waals surface area contributed by atoms with Gasteiger partial charge in [-0.15, -0.1) is 0 Å². The molecule has 2 N–H and O–H groups in total. The van der Waals surface area contributed by atoms with Crippen molar-refractivity contribution in [3.8, 4) is 11.1 Å². The first kappa shape index (κ1) is 16.2. The first-order valence-corrected chi connectivity index (χ1v) is 8.35. The van der Waals surface area contributed by atoms with Crippen molar-refractivity contribution in [3.05, 3.63) is 54.9 Å². The van der Waals surface area contributed by atoms with E-state index in [9.17, 15) is 9.59 Å². The van der Waals surface area contributed by atoms with Gasteiger partial charge in [-0.1, -0.05) is 43.2 Å². The van der Waals surface area contributed by atoms with Crippen molar-refractivity contribution in [1.29, 1.82) is 0 Å². The Morgan fingerprint density at radius 1 is 1.00 bits per heavy atom. The van der Waals surface area contributed by atoms with E-state index in [0.717, 1.165) is 36.8 Å². The van der Waals surface area contributed by atoms with Crippen LogP contribution in [0.2, 0.25) is 0 Å². The van der Waals surface area contributed by atoms with E-state index in [-0.39, 0.29) is 18.5 Å². The molecule has 2 aromatic rings. The second-order valence-corrected chi connectivity index (χ2v) is 6.13. The zero-order valence-electron chi connectivity index (χ0n) is 13.6. The molecule has 5 heteroatoms. The van der Waals surface area contributed by atoms with Gasteiger partial charge in [0.2, 0.25) is 6.54 Å². The van der Waals surface area contributed by atoms with Crippen LogP contribution < -0.4 is 15.2 Å². The molecule has 3 amide bonds. The molecule has 1 saturated carbocycles. The van der Waals surface area contributed by atoms with E-state index in [1.54, 1.807) is 4.57 Å². The normalized spacial score (nSPS) is 14.3. The summed E-state index contributed by atoms with van der Waals surface area (Å²) in [6, 6.07) is 13.7. The van der Waals surface area contributed by atoms with Crippen LogP contribution in [0.5, 0.6) is 0 Å². The van der Waals surface area contributed by atoms with Gasteiger partial charge in [0.1, 0.15) is 0 Å². The molecule has 3 rings (SSSR count). The van der Waals surface area contributed by atoms with Crippen LogP contribution in [0.3, 0.4) is 0 Å². The Labute approximate surface area is 141 Å². The van der Waals surface area contributed by atoms with E-state index in [0.29, 0.717) is 0 Å². The highest BCUT2D eigenvalue weighted by atomic mass is 16.2. The molecule has 124 valence electrons. The molecular formula is C19H22N3O2+. The number of imide groups is 1. The summed E-state index contributed by atoms with van der Waals surface area (Å²) >= 11 is 0. The molecule has 5 nitrogen and oxygen atoms in total. The summed E-state index contributed by atoms with van der Waals surface area (Å²) in [5.41, 5.74) is 2.12. The molecule has 0 aliphatic heterocycles. The van der Waals surface area contributed by atoms with Gasteiger partial charge in [0.05, 0.1) is 0 Å². The van der Waals surface area contributed by atoms with Crippen molar-refractivity contribution < 1.29 is 14.2 Å². The van der Waals surface area contributed by atoms with Crippen LogP contribution in [0, 0.1) is 0 Å². The summed E-state index contributed by atoms with van der Waals surface area (Å²) in [7, 11) is 0. The van der Waals surface area contributed by atoms with Crippen molar-refractivity contribution >= 4 is 11.9 Å². The van der Waals surface area contributed by atoms with Crippen molar-refractivity contribution in [2.75, 3.05) is 0 Å². The van der Waals surface area contributed by atoms with E-state index >= 15 is 0 Å². The first-order valence-electron chi connectivity index (χ1n) is 8.35. The zero-order chi connectivity index (χ0) is 16.8. The second-order valence-electron chi connectivity index (χ2n) is 6.13. The van der Waals surface area contributed by atoms with Crippen LogP contribution in [0.4, 0.5) is 4.79 Å². The lowest BCUT2D eigenvalue weighted by Crippen LogP contribution is -2.49. The Morgan fingerprint density at radius 3 is 2.46 bits per heavy atom. The van der Waals surface area contributed by atoms with Crippen LogP contribution in [0.1, 0.15) is 25.7 Å². The highest BCUT2D eigenvalue weighted by molar-refractivity contribution is 5.93. The molecule has 1 aromatic carbocycles. The fourth-order valence-corrected chi connectivity index (χ4v) is 3.05. The number of urea groups is 1. The van der Waals surface area contributed by atoms with Crippen LogP contribution >= 0.6 is 0 Å². The van der Waals surface area contributed by atoms with Crippen molar-refractivity contribution in [2.24, 2.45) is 0 Å². The number of rotatable bonds is 4. The summed E-state index contributed by atoms with van der Waals surface area (Å²) in [4.78, 5) is 23.9. The van der Waals surface area contributed by atoms with Gasteiger partial charge in [0.25, 0.3) is 5.91 Å². The maximum Gasteiger partial charge on any atom is 0.321 e. The Kier molecular flexibility index (Phi) is 5.21. The smallest absolute Gasteiger partial charge is 0.321 e. The minimum atomic E-state index is -0.397. The van der Waals surface area contributed by atoms with Gasteiger partial charge in [-0.25, -0.2) is 4.79 Å². The topological polar surface area (TPSA) is 62.1 Å². The zero-order valence-corrected chi connectivity index (χ0v) is 13.6. The monoisotopic (exact) mass is 324 g/mol. The molecule has 1 aliphatic rings. The average Bonchev–Trinajstić information content (AvgIpc) is 3.08. The number of hydrogen-bond acceptors (Lipinski definition) is 2. The third kappa shape index (κ3) is 4.41. The Morgan fingerprint density at radius 2 is 1.71 bits per heavy atom. The first-order chi connectivity index (χ1) is 11.7. The number of benzene rings is 1. The number of nitrogens with zero attached hydrogens (tertiary/aromatic N) is 1. The van der Waals surface area contributed by atoms with Crippen LogP contribution in [-0.2, 0) is 11.3 Å². The third-order valence-corrected chi connectivity index (χ3v) is 4.23. The summed E-state index contributed by atoms with van der Waals surface area (Å²) in [5.74, 6) is -0.319. The lowest BCUT2D eigenvalue weighted by Gasteiger charge is -2.11. The Bertz CT molecular complexity index is 710. The summed E-state index contributed by atoms with van der Waals surface area (Å²) < 4.78 is 1.78. The van der Waals surface area contributed by atoms with Crippen LogP contribution in [-0.4, -0.2) is 18.0 Å². The number of hydrogen-bond donors (Lipinski definition) is 2. The number of amides is 3. The molecule has 1 fully saturated rings. The standard InChI is InChI=1S/C19H21N3O2/c23-18(21-19(24)20-17-10-4-5-11-17)14-22-12-6-9-16(13-22)15-7-2-1-3-8-15/h1-3,6-9,12-13,17H,4-5,10-11,14H2,(H-,20,21,23,24)/p+1. The lowest BCUT2D eigenvalue weighted by molar-refractivity contribution is -0.683. The Balaban J connectivity index is 1.57. The highest BCUT2D eigenvalue weighted by Crippen LogP contribution is 2.17. The van der Waals surface area contributed by atoms with Gasteiger partial charge in [-0.2, -0.15) is 4.57 Å². The number of pyridine rings is 1. The molecule has 0 atom stereocenters. The van der Waals surface area contributed by atoms with E-state index in [4.69, 9.17) is 0 Å². The molecule has 24 heavy (non-hydrogen) atoms. The predicted octanol–water partition coefficient (Wildman–Crippen LogP) is 2.41. The summed E-state index contributed by atoms with van der Waals surface area (Å²) in [6.07, 6.45) is 8.00. The molecule has 1 aliphatic carbocycles. The van der Waals surface area contributed by atoms with Crippen molar-refractivity contribution in [3.63, 3.8) is 0 Å². The molecule has 0 unspecified atom stereocenters. The maximum atomic E-state index is 12.1. The number of aromatic nitrogens is 1. The molecule has 0 saturated heterocycles. The van der Waals surface area contributed by atoms with Crippen molar-refractivity contribution in [1.82, 2.24) is 10.6 Å². The van der Waals surface area contributed by atoms with Gasteiger partial charge >= 0.3 is 6.03 Å². The van der Waals surface area contributed by atoms with Gasteiger partial charge < -0.3 is 5.32 Å². The average molecular weight is 324 g/mol. The molecule has 1 aromatic heterocycles. The summed E-state index contributed by atoms with van der Waals surface area (Å²) in [5, 5.41) is 5.26. The van der Waals surface area contributed by atoms with E-state index in [1.807, 2.05) is 54.9 Å².